The molecule has 0 spiro atoms. The van der Waals surface area contributed by atoms with Gasteiger partial charge < -0.3 is 4.90 Å². The number of rotatable bonds is 5. The first kappa shape index (κ1) is 14.3. The summed E-state index contributed by atoms with van der Waals surface area (Å²) in [5.74, 6) is 0. The van der Waals surface area contributed by atoms with Gasteiger partial charge in [-0.2, -0.15) is 0 Å². The fraction of sp³-hybridized carbons (Fsp3) is 0.600. The van der Waals surface area contributed by atoms with Crippen molar-refractivity contribution in [1.29, 1.82) is 0 Å². The van der Waals surface area contributed by atoms with Crippen LogP contribution in [0.4, 0.5) is 0 Å². The van der Waals surface area contributed by atoms with Crippen LogP contribution in [0.5, 0.6) is 0 Å². The highest BCUT2D eigenvalue weighted by Gasteiger charge is 2.28. The molecule has 0 saturated heterocycles. The summed E-state index contributed by atoms with van der Waals surface area (Å²) >= 11 is 0. The van der Waals surface area contributed by atoms with Gasteiger partial charge in [0.15, 0.2) is 6.71 Å². The van der Waals surface area contributed by atoms with Gasteiger partial charge in [-0.25, -0.2) is 0 Å². The van der Waals surface area contributed by atoms with Crippen LogP contribution in [0.25, 0.3) is 0 Å². The molecule has 0 N–H and O–H groups in total. The van der Waals surface area contributed by atoms with Crippen LogP contribution in [0.1, 0.15) is 33.3 Å². The number of benzene rings is 1. The van der Waals surface area contributed by atoms with Crippen molar-refractivity contribution in [2.24, 2.45) is 0 Å². The van der Waals surface area contributed by atoms with Crippen LogP contribution in [0.15, 0.2) is 24.3 Å². The van der Waals surface area contributed by atoms with Crippen LogP contribution in [0.2, 0.25) is 12.6 Å². The van der Waals surface area contributed by atoms with Crippen molar-refractivity contribution in [3.05, 3.63) is 29.8 Å². The van der Waals surface area contributed by atoms with Gasteiger partial charge in [0, 0.05) is 5.54 Å². The second-order valence-electron chi connectivity index (χ2n) is 5.55. The highest BCUT2D eigenvalue weighted by Crippen LogP contribution is 2.24. The summed E-state index contributed by atoms with van der Waals surface area (Å²) in [5, 5.41) is 0. The Morgan fingerprint density at radius 2 is 1.59 bits per heavy atom. The molecule has 0 aromatic heterocycles. The molecule has 1 rings (SSSR count). The van der Waals surface area contributed by atoms with Gasteiger partial charge >= 0.3 is 0 Å². The van der Waals surface area contributed by atoms with Crippen molar-refractivity contribution < 1.29 is 0 Å². The van der Waals surface area contributed by atoms with Gasteiger partial charge in [-0.05, 0) is 33.5 Å². The van der Waals surface area contributed by atoms with Crippen LogP contribution >= 0.6 is 0 Å². The van der Waals surface area contributed by atoms with Crippen molar-refractivity contribution in [3.63, 3.8) is 0 Å². The predicted molar refractivity (Wildman–Crippen MR) is 79.5 cm³/mol. The van der Waals surface area contributed by atoms with Gasteiger partial charge in [0.2, 0.25) is 0 Å². The smallest absolute Gasteiger partial charge is 0.175 e. The zero-order chi connectivity index (χ0) is 13.1. The van der Waals surface area contributed by atoms with E-state index in [0.717, 1.165) is 0 Å². The Morgan fingerprint density at radius 1 is 1.06 bits per heavy atom. The van der Waals surface area contributed by atoms with Gasteiger partial charge in [0.05, 0.1) is 0 Å². The Balaban J connectivity index is 3.25. The molecule has 0 radical (unpaired) electrons. The van der Waals surface area contributed by atoms with Gasteiger partial charge in [-0.3, -0.25) is 0 Å². The highest BCUT2D eigenvalue weighted by molar-refractivity contribution is 6.73. The zero-order valence-electron chi connectivity index (χ0n) is 12.2. The first-order valence-electron chi connectivity index (χ1n) is 6.71. The molecule has 0 fully saturated rings. The van der Waals surface area contributed by atoms with Crippen molar-refractivity contribution in [2.75, 3.05) is 14.1 Å². The molecule has 1 nitrogen and oxygen atoms in total. The minimum absolute atomic E-state index is 0.0964. The maximum absolute atomic E-state index is 2.30. The molecule has 0 aliphatic heterocycles. The highest BCUT2D eigenvalue weighted by atomic mass is 15.1. The maximum atomic E-state index is 2.30. The number of hydrogen-bond donors (Lipinski definition) is 0. The maximum Gasteiger partial charge on any atom is 0.175 e. The molecule has 17 heavy (non-hydrogen) atoms. The Labute approximate surface area is 107 Å². The van der Waals surface area contributed by atoms with Gasteiger partial charge in [0.1, 0.15) is 0 Å². The van der Waals surface area contributed by atoms with Crippen LogP contribution in [-0.2, 0) is 5.54 Å². The molecular weight excluding hydrogens is 205 g/mol. The van der Waals surface area contributed by atoms with E-state index in [1.807, 2.05) is 0 Å². The third-order valence-corrected chi connectivity index (χ3v) is 4.16. The molecule has 0 saturated carbocycles. The average Bonchev–Trinajstić information content (AvgIpc) is 2.31. The molecule has 0 amide bonds. The monoisotopic (exact) mass is 231 g/mol. The van der Waals surface area contributed by atoms with Crippen molar-refractivity contribution in [2.45, 2.75) is 45.9 Å². The number of hydrogen-bond acceptors (Lipinski definition) is 1. The third-order valence-electron chi connectivity index (χ3n) is 4.16. The van der Waals surface area contributed by atoms with Crippen LogP contribution in [0, 0.1) is 0 Å². The Kier molecular flexibility index (Phi) is 4.82. The normalized spacial score (nSPS) is 11.9. The summed E-state index contributed by atoms with van der Waals surface area (Å²) in [6.45, 7) is 9.86. The standard InChI is InChI=1S/C15H26BN/c1-7-16(8-2)14-12-10-9-11-13(14)15(3,4)17(5)6/h9-12H,7-8H2,1-6H3. The lowest BCUT2D eigenvalue weighted by Crippen LogP contribution is -2.43. The minimum Gasteiger partial charge on any atom is -0.300 e. The van der Waals surface area contributed by atoms with Crippen LogP contribution in [-0.4, -0.2) is 25.7 Å². The molecule has 0 aliphatic rings. The summed E-state index contributed by atoms with van der Waals surface area (Å²) in [6, 6.07) is 8.92. The molecule has 2 heteroatoms. The summed E-state index contributed by atoms with van der Waals surface area (Å²) < 4.78 is 0. The van der Waals surface area contributed by atoms with E-state index in [-0.39, 0.29) is 5.54 Å². The second kappa shape index (κ2) is 5.73. The summed E-state index contributed by atoms with van der Waals surface area (Å²) in [6.07, 6.45) is 2.44. The van der Waals surface area contributed by atoms with E-state index >= 15 is 0 Å². The SMILES string of the molecule is CCB(CC)c1ccccc1C(C)(C)N(C)C. The van der Waals surface area contributed by atoms with Crippen molar-refractivity contribution in [3.8, 4) is 0 Å². The summed E-state index contributed by atoms with van der Waals surface area (Å²) in [4.78, 5) is 2.30. The molecular formula is C15H26BN. The molecule has 0 atom stereocenters. The Morgan fingerprint density at radius 3 is 2.06 bits per heavy atom. The predicted octanol–water partition coefficient (Wildman–Crippen LogP) is 3.22. The van der Waals surface area contributed by atoms with E-state index in [4.69, 9.17) is 0 Å². The van der Waals surface area contributed by atoms with E-state index in [0.29, 0.717) is 6.71 Å². The fourth-order valence-corrected chi connectivity index (χ4v) is 2.38. The largest absolute Gasteiger partial charge is 0.300 e. The third kappa shape index (κ3) is 2.92. The minimum atomic E-state index is 0.0964. The molecule has 1 aromatic carbocycles. The van der Waals surface area contributed by atoms with E-state index in [1.165, 1.54) is 23.7 Å². The van der Waals surface area contributed by atoms with Gasteiger partial charge in [-0.1, -0.05) is 56.2 Å². The van der Waals surface area contributed by atoms with E-state index in [9.17, 15) is 0 Å². The van der Waals surface area contributed by atoms with E-state index in [1.54, 1.807) is 0 Å². The molecule has 0 aliphatic carbocycles. The topological polar surface area (TPSA) is 3.24 Å². The quantitative estimate of drug-likeness (QED) is 0.703. The lowest BCUT2D eigenvalue weighted by Gasteiger charge is -2.36. The second-order valence-corrected chi connectivity index (χ2v) is 5.55. The lowest BCUT2D eigenvalue weighted by atomic mass is 9.40. The van der Waals surface area contributed by atoms with Gasteiger partial charge in [-0.15, -0.1) is 0 Å². The zero-order valence-corrected chi connectivity index (χ0v) is 12.2. The molecule has 0 unspecified atom stereocenters. The molecule has 0 bridgehead atoms. The van der Waals surface area contributed by atoms with Crippen molar-refractivity contribution >= 4 is 12.2 Å². The molecule has 1 aromatic rings. The van der Waals surface area contributed by atoms with Crippen molar-refractivity contribution in [1.82, 2.24) is 4.90 Å². The molecule has 0 heterocycles. The summed E-state index contributed by atoms with van der Waals surface area (Å²) in [5.41, 5.74) is 3.09. The lowest BCUT2D eigenvalue weighted by molar-refractivity contribution is 0.199. The van der Waals surface area contributed by atoms with Gasteiger partial charge in [0.25, 0.3) is 0 Å². The van der Waals surface area contributed by atoms with E-state index < -0.39 is 0 Å². The first-order valence-corrected chi connectivity index (χ1v) is 6.71. The Bertz CT molecular complexity index is 354. The first-order chi connectivity index (χ1) is 7.95. The molecule has 94 valence electrons. The average molecular weight is 231 g/mol. The fourth-order valence-electron chi connectivity index (χ4n) is 2.38. The van der Waals surface area contributed by atoms with Crippen LogP contribution < -0.4 is 5.46 Å². The van der Waals surface area contributed by atoms with Crippen LogP contribution in [0.3, 0.4) is 0 Å². The van der Waals surface area contributed by atoms with E-state index in [2.05, 4.69) is 71.0 Å². The Hall–Kier alpha value is -0.755. The number of nitrogens with zero attached hydrogens (tertiary/aromatic N) is 1. The summed E-state index contributed by atoms with van der Waals surface area (Å²) in [7, 11) is 4.31.